The average Bonchev–Trinajstić information content (AvgIpc) is 2.61. The molecule has 0 aliphatic rings. The Morgan fingerprint density at radius 3 is 2.24 bits per heavy atom. The predicted molar refractivity (Wildman–Crippen MR) is 99.5 cm³/mol. The Kier molecular flexibility index (Phi) is 7.10. The zero-order chi connectivity index (χ0) is 18.2. The van der Waals surface area contributed by atoms with Crippen molar-refractivity contribution in [3.8, 4) is 11.5 Å². The van der Waals surface area contributed by atoms with E-state index in [4.69, 9.17) is 21.1 Å². The molecule has 0 unspecified atom stereocenters. The molecule has 25 heavy (non-hydrogen) atoms. The van der Waals surface area contributed by atoms with Crippen molar-refractivity contribution in [3.05, 3.63) is 59.1 Å². The summed E-state index contributed by atoms with van der Waals surface area (Å²) >= 11 is 5.86. The van der Waals surface area contributed by atoms with Gasteiger partial charge < -0.3 is 19.7 Å². The van der Waals surface area contributed by atoms with Gasteiger partial charge in [-0.05, 0) is 49.0 Å². The first-order chi connectivity index (χ1) is 12.0. The van der Waals surface area contributed by atoms with E-state index in [1.807, 2.05) is 31.3 Å². The lowest BCUT2D eigenvalue weighted by Crippen LogP contribution is -2.25. The number of carbonyl (C=O) groups is 1. The van der Waals surface area contributed by atoms with Crippen molar-refractivity contribution < 1.29 is 14.3 Å². The van der Waals surface area contributed by atoms with E-state index < -0.39 is 6.09 Å². The molecule has 0 heterocycles. The van der Waals surface area contributed by atoms with Gasteiger partial charge in [-0.3, -0.25) is 0 Å². The maximum atomic E-state index is 11.6. The smallest absolute Gasteiger partial charge is 0.414 e. The van der Waals surface area contributed by atoms with Crippen LogP contribution in [0, 0.1) is 0 Å². The Morgan fingerprint density at radius 2 is 1.68 bits per heavy atom. The zero-order valence-corrected chi connectivity index (χ0v) is 15.4. The van der Waals surface area contributed by atoms with E-state index >= 15 is 0 Å². The Labute approximate surface area is 153 Å². The summed E-state index contributed by atoms with van der Waals surface area (Å²) in [7, 11) is 5.20. The lowest BCUT2D eigenvalue weighted by Gasteiger charge is -2.18. The SMILES string of the molecule is CN[C@H](CCOc1ccc(Cl)cc1)c1ccc(OC(=O)N(C)C)cc1. The summed E-state index contributed by atoms with van der Waals surface area (Å²) < 4.78 is 11.0. The Hall–Kier alpha value is -2.24. The van der Waals surface area contributed by atoms with Gasteiger partial charge in [0.2, 0.25) is 0 Å². The van der Waals surface area contributed by atoms with Gasteiger partial charge in [-0.2, -0.15) is 0 Å². The zero-order valence-electron chi connectivity index (χ0n) is 14.7. The van der Waals surface area contributed by atoms with E-state index in [1.54, 1.807) is 38.4 Å². The lowest BCUT2D eigenvalue weighted by atomic mass is 10.0. The molecule has 0 fully saturated rings. The van der Waals surface area contributed by atoms with Gasteiger partial charge in [0.1, 0.15) is 11.5 Å². The lowest BCUT2D eigenvalue weighted by molar-refractivity contribution is 0.172. The molecular weight excluding hydrogens is 340 g/mol. The second kappa shape index (κ2) is 9.30. The number of hydrogen-bond acceptors (Lipinski definition) is 4. The van der Waals surface area contributed by atoms with E-state index in [-0.39, 0.29) is 6.04 Å². The Balaban J connectivity index is 1.89. The number of rotatable bonds is 7. The molecule has 5 nitrogen and oxygen atoms in total. The van der Waals surface area contributed by atoms with Crippen LogP contribution in [0.2, 0.25) is 5.02 Å². The minimum atomic E-state index is -0.394. The maximum absolute atomic E-state index is 11.6. The fraction of sp³-hybridized carbons (Fsp3) is 0.316. The molecule has 2 aromatic rings. The van der Waals surface area contributed by atoms with Gasteiger partial charge in [0.15, 0.2) is 0 Å². The van der Waals surface area contributed by atoms with Crippen molar-refractivity contribution in [3.63, 3.8) is 0 Å². The monoisotopic (exact) mass is 362 g/mol. The molecule has 1 atom stereocenters. The highest BCUT2D eigenvalue weighted by atomic mass is 35.5. The third-order valence-corrected chi connectivity index (χ3v) is 3.94. The highest BCUT2D eigenvalue weighted by Crippen LogP contribution is 2.22. The molecule has 0 aliphatic carbocycles. The van der Waals surface area contributed by atoms with Crippen molar-refractivity contribution in [2.45, 2.75) is 12.5 Å². The summed E-state index contributed by atoms with van der Waals surface area (Å²) in [6.45, 7) is 0.574. The number of nitrogens with zero attached hydrogens (tertiary/aromatic N) is 1. The topological polar surface area (TPSA) is 50.8 Å². The molecule has 0 bridgehead atoms. The van der Waals surface area contributed by atoms with Gasteiger partial charge in [-0.15, -0.1) is 0 Å². The van der Waals surface area contributed by atoms with Crippen LogP contribution < -0.4 is 14.8 Å². The summed E-state index contributed by atoms with van der Waals surface area (Å²) in [5.41, 5.74) is 1.10. The van der Waals surface area contributed by atoms with Crippen LogP contribution in [0.3, 0.4) is 0 Å². The Bertz CT molecular complexity index is 672. The van der Waals surface area contributed by atoms with Crippen LogP contribution in [0.25, 0.3) is 0 Å². The van der Waals surface area contributed by atoms with E-state index in [9.17, 15) is 4.79 Å². The van der Waals surface area contributed by atoms with Crippen molar-refractivity contribution in [2.75, 3.05) is 27.7 Å². The number of hydrogen-bond donors (Lipinski definition) is 1. The molecule has 2 aromatic carbocycles. The standard InChI is InChI=1S/C19H23ClN2O3/c1-21-18(12-13-24-16-10-6-15(20)7-11-16)14-4-8-17(9-5-14)25-19(23)22(2)3/h4-11,18,21H,12-13H2,1-3H3/t18-/m1/s1. The van der Waals surface area contributed by atoms with E-state index in [2.05, 4.69) is 5.32 Å². The number of carbonyl (C=O) groups excluding carboxylic acids is 1. The first-order valence-corrected chi connectivity index (χ1v) is 8.42. The molecule has 0 radical (unpaired) electrons. The highest BCUT2D eigenvalue weighted by molar-refractivity contribution is 6.30. The second-order valence-corrected chi connectivity index (χ2v) is 6.20. The third-order valence-electron chi connectivity index (χ3n) is 3.69. The summed E-state index contributed by atoms with van der Waals surface area (Å²) in [5, 5.41) is 3.97. The molecule has 6 heteroatoms. The van der Waals surface area contributed by atoms with Crippen molar-refractivity contribution in [2.24, 2.45) is 0 Å². The van der Waals surface area contributed by atoms with E-state index in [1.165, 1.54) is 4.90 Å². The minimum absolute atomic E-state index is 0.144. The first-order valence-electron chi connectivity index (χ1n) is 8.04. The van der Waals surface area contributed by atoms with Gasteiger partial charge in [-0.25, -0.2) is 4.79 Å². The van der Waals surface area contributed by atoms with Gasteiger partial charge >= 0.3 is 6.09 Å². The van der Waals surface area contributed by atoms with Gasteiger partial charge in [0.25, 0.3) is 0 Å². The number of nitrogens with one attached hydrogen (secondary N) is 1. The summed E-state index contributed by atoms with van der Waals surface area (Å²) in [4.78, 5) is 12.9. The molecular formula is C19H23ClN2O3. The highest BCUT2D eigenvalue weighted by Gasteiger charge is 2.11. The van der Waals surface area contributed by atoms with Crippen LogP contribution in [0.15, 0.2) is 48.5 Å². The summed E-state index contributed by atoms with van der Waals surface area (Å²) in [6, 6.07) is 14.9. The van der Waals surface area contributed by atoms with Gasteiger partial charge in [0.05, 0.1) is 6.61 Å². The quantitative estimate of drug-likeness (QED) is 0.804. The molecule has 0 saturated heterocycles. The van der Waals surface area contributed by atoms with Crippen LogP contribution in [-0.4, -0.2) is 38.7 Å². The third kappa shape index (κ3) is 5.96. The maximum Gasteiger partial charge on any atom is 0.414 e. The summed E-state index contributed by atoms with van der Waals surface area (Å²) in [5.74, 6) is 1.32. The molecule has 2 rings (SSSR count). The number of amides is 1. The normalized spacial score (nSPS) is 11.7. The van der Waals surface area contributed by atoms with Crippen LogP contribution in [-0.2, 0) is 0 Å². The molecule has 0 aliphatic heterocycles. The van der Waals surface area contributed by atoms with Crippen molar-refractivity contribution in [1.29, 1.82) is 0 Å². The van der Waals surface area contributed by atoms with Crippen molar-refractivity contribution >= 4 is 17.7 Å². The predicted octanol–water partition coefficient (Wildman–Crippen LogP) is 4.13. The number of ether oxygens (including phenoxy) is 2. The second-order valence-electron chi connectivity index (χ2n) is 5.76. The van der Waals surface area contributed by atoms with Crippen LogP contribution in [0.4, 0.5) is 4.79 Å². The molecule has 0 spiro atoms. The first kappa shape index (κ1) is 19.1. The minimum Gasteiger partial charge on any atom is -0.494 e. The fourth-order valence-electron chi connectivity index (χ4n) is 2.26. The van der Waals surface area contributed by atoms with Crippen LogP contribution in [0.5, 0.6) is 11.5 Å². The molecule has 0 aromatic heterocycles. The van der Waals surface area contributed by atoms with Crippen LogP contribution >= 0.6 is 11.6 Å². The van der Waals surface area contributed by atoms with Crippen molar-refractivity contribution in [1.82, 2.24) is 10.2 Å². The molecule has 0 saturated carbocycles. The molecule has 134 valence electrons. The van der Waals surface area contributed by atoms with Gasteiger partial charge in [0, 0.05) is 31.6 Å². The average molecular weight is 363 g/mol. The van der Waals surface area contributed by atoms with E-state index in [0.29, 0.717) is 17.4 Å². The number of benzene rings is 2. The molecule has 1 N–H and O–H groups in total. The largest absolute Gasteiger partial charge is 0.494 e. The van der Waals surface area contributed by atoms with Gasteiger partial charge in [-0.1, -0.05) is 23.7 Å². The van der Waals surface area contributed by atoms with Crippen LogP contribution in [0.1, 0.15) is 18.0 Å². The van der Waals surface area contributed by atoms with E-state index in [0.717, 1.165) is 17.7 Å². The Morgan fingerprint density at radius 1 is 1.08 bits per heavy atom. The molecule has 1 amide bonds. The number of halogens is 1. The summed E-state index contributed by atoms with van der Waals surface area (Å²) in [6.07, 6.45) is 0.407. The fourth-order valence-corrected chi connectivity index (χ4v) is 2.39.